The molecule has 2 fully saturated rings. The van der Waals surface area contributed by atoms with Crippen LogP contribution in [-0.4, -0.2) is 120 Å². The lowest BCUT2D eigenvalue weighted by atomic mass is 9.68. The number of carbonyl (C=O) groups excluding carboxylic acids is 2. The van der Waals surface area contributed by atoms with Crippen LogP contribution in [0.2, 0.25) is 0 Å². The number of carbonyl (C=O) groups is 2. The Hall–Kier alpha value is -5.95. The fraction of sp³-hybridized carbons (Fsp3) is 0.490. The molecule has 5 atom stereocenters. The number of hydrogen-bond acceptors (Lipinski definition) is 14. The second kappa shape index (κ2) is 20.3. The van der Waals surface area contributed by atoms with Gasteiger partial charge in [-0.25, -0.2) is 9.56 Å². The summed E-state index contributed by atoms with van der Waals surface area (Å²) in [7, 11) is 1.31. The molecule has 1 unspecified atom stereocenters. The molecule has 2 aromatic heterocycles. The number of aliphatic hydroxyl groups is 1. The topological polar surface area (TPSA) is 245 Å². The highest BCUT2D eigenvalue weighted by Gasteiger charge is 2.51. The number of phosphoric ester groups is 1. The number of aromatic amines is 1. The normalized spacial score (nSPS) is 22.1. The summed E-state index contributed by atoms with van der Waals surface area (Å²) < 4.78 is 31.6. The number of imidazole rings is 1. The highest BCUT2D eigenvalue weighted by Crippen LogP contribution is 2.50. The van der Waals surface area contributed by atoms with E-state index in [0.717, 1.165) is 67.6 Å². The zero-order valence-corrected chi connectivity index (χ0v) is 42.2. The van der Waals surface area contributed by atoms with Crippen LogP contribution in [0.1, 0.15) is 110 Å². The number of phosphoric acid groups is 1. The van der Waals surface area contributed by atoms with Crippen molar-refractivity contribution >= 4 is 54.0 Å². The van der Waals surface area contributed by atoms with Crippen molar-refractivity contribution in [1.82, 2.24) is 34.3 Å². The Labute approximate surface area is 412 Å². The molecule has 2 saturated heterocycles. The Morgan fingerprint density at radius 2 is 1.80 bits per heavy atom. The molecule has 5 heterocycles. The molecule has 19 nitrogen and oxygen atoms in total. The van der Waals surface area contributed by atoms with Gasteiger partial charge in [0.2, 0.25) is 23.2 Å². The minimum Gasteiger partial charge on any atom is -0.756 e. The summed E-state index contributed by atoms with van der Waals surface area (Å²) in [6.07, 6.45) is 1.22. The Morgan fingerprint density at radius 3 is 2.58 bits per heavy atom. The average molecular weight is 993 g/mol. The van der Waals surface area contributed by atoms with Crippen LogP contribution in [-0.2, 0) is 35.0 Å². The van der Waals surface area contributed by atoms with Crippen molar-refractivity contribution in [1.29, 1.82) is 0 Å². The van der Waals surface area contributed by atoms with Gasteiger partial charge in [0.25, 0.3) is 19.3 Å². The zero-order chi connectivity index (χ0) is 50.4. The van der Waals surface area contributed by atoms with Crippen molar-refractivity contribution in [3.8, 4) is 0 Å². The van der Waals surface area contributed by atoms with E-state index in [1.807, 2.05) is 18.2 Å². The van der Waals surface area contributed by atoms with Crippen molar-refractivity contribution in [3.63, 3.8) is 0 Å². The van der Waals surface area contributed by atoms with Crippen LogP contribution in [0.3, 0.4) is 0 Å². The maximum absolute atomic E-state index is 14.4. The number of aryl methyl sites for hydroxylation is 1. The first-order valence-electron chi connectivity index (χ1n) is 24.7. The summed E-state index contributed by atoms with van der Waals surface area (Å²) in [6.45, 7) is 9.87. The van der Waals surface area contributed by atoms with Gasteiger partial charge in [0.05, 0.1) is 6.61 Å². The van der Waals surface area contributed by atoms with E-state index in [4.69, 9.17) is 19.5 Å². The smallest absolute Gasteiger partial charge is 0.280 e. The number of nitrogens with two attached hydrogens (primary N) is 1. The van der Waals surface area contributed by atoms with Gasteiger partial charge < -0.3 is 50.0 Å². The van der Waals surface area contributed by atoms with Crippen molar-refractivity contribution in [2.45, 2.75) is 102 Å². The lowest BCUT2D eigenvalue weighted by molar-refractivity contribution is -0.245. The minimum atomic E-state index is -4.62. The second-order valence-electron chi connectivity index (χ2n) is 19.7. The molecule has 9 rings (SSSR count). The molecule has 71 heavy (non-hydrogen) atoms. The molecule has 6 N–H and O–H groups in total. The predicted octanol–water partition coefficient (Wildman–Crippen LogP) is 2.89. The molecule has 4 aliphatic rings. The lowest BCUT2D eigenvalue weighted by Gasteiger charge is -2.36. The number of unbranched alkanes of at least 4 members (excludes halogenated alkanes) is 3. The van der Waals surface area contributed by atoms with E-state index < -0.39 is 37.9 Å². The Kier molecular flexibility index (Phi) is 14.3. The zero-order valence-electron chi connectivity index (χ0n) is 41.3. The van der Waals surface area contributed by atoms with Crippen molar-refractivity contribution in [2.75, 3.05) is 76.4 Å². The van der Waals surface area contributed by atoms with Crippen LogP contribution in [0.25, 0.3) is 16.7 Å². The summed E-state index contributed by atoms with van der Waals surface area (Å²) in [5.74, 6) is -0.163. The van der Waals surface area contributed by atoms with Crippen LogP contribution in [0.4, 0.5) is 17.6 Å². The largest absolute Gasteiger partial charge is 0.756 e. The maximum atomic E-state index is 14.4. The third kappa shape index (κ3) is 9.87. The van der Waals surface area contributed by atoms with Gasteiger partial charge in [-0.15, -0.1) is 0 Å². The number of anilines is 3. The molecular weight excluding hydrogens is 928 g/mol. The maximum Gasteiger partial charge on any atom is 0.280 e. The van der Waals surface area contributed by atoms with Gasteiger partial charge in [-0.1, -0.05) is 51.0 Å². The van der Waals surface area contributed by atoms with Crippen LogP contribution in [0.15, 0.2) is 59.4 Å². The molecular formula is C51H65N10O9P. The third-order valence-corrected chi connectivity index (χ3v) is 15.3. The SMILES string of the molecule is CC[N+]1=c2cc3c(cc2CCC1)=C(c1ccccc1C(=O)N(C)CCCC(=O)NCCCCCCNc1nc2c(=O)[nH]c(N)nc2n1[C@@H]1O[C@@H]2COP(=O)([O-])O[C@H]2[C@H]1O)c1ccc(N(C)C)cc1C3(C)C. The Morgan fingerprint density at radius 1 is 1.03 bits per heavy atom. The van der Waals surface area contributed by atoms with Crippen molar-refractivity contribution in [3.05, 3.63) is 109 Å². The lowest BCUT2D eigenvalue weighted by Crippen LogP contribution is -2.43. The van der Waals surface area contributed by atoms with Crippen LogP contribution in [0, 0.1) is 0 Å². The number of ether oxygens (including phenoxy) is 1. The summed E-state index contributed by atoms with van der Waals surface area (Å²) in [4.78, 5) is 67.0. The standard InChI is InChI=1S/C51H65N10O9P/c1-7-60-25-14-16-30-26-35-37(28-38(30)60)51(2,3)36-27-31(58(4)5)20-21-34(36)41(35)32-17-10-11-18-33(32)47(65)59(6)24-15-19-40(62)53-22-12-8-9-13-23-54-50-55-42-45(56-49(52)57-46(42)64)61(50)48-43(63)44-39(69-48)29-68-71(66,67)70-44/h10-11,17-18,20-21,26-28,39,43-44,48,63H,7-9,12-16,19,22-25,29H2,1-6H3,(H5,52,53,57,62,64,65,66,67)/t39-,43-,44-,48-/m1/s1. The van der Waals surface area contributed by atoms with E-state index in [-0.39, 0.29) is 53.3 Å². The number of hydrogen-bond donors (Lipinski definition) is 5. The first-order chi connectivity index (χ1) is 34.0. The van der Waals surface area contributed by atoms with Gasteiger partial charge in [0.15, 0.2) is 17.4 Å². The average Bonchev–Trinajstić information content (AvgIpc) is 3.86. The van der Waals surface area contributed by atoms with E-state index in [1.54, 1.807) is 11.9 Å². The number of rotatable bonds is 17. The van der Waals surface area contributed by atoms with E-state index in [0.29, 0.717) is 38.0 Å². The number of benzene rings is 3. The van der Waals surface area contributed by atoms with E-state index >= 15 is 0 Å². The van der Waals surface area contributed by atoms with Crippen LogP contribution < -0.4 is 46.9 Å². The molecule has 5 aromatic rings. The molecule has 20 heteroatoms. The molecule has 0 spiro atoms. The Balaban J connectivity index is 0.791. The number of H-pyrrole nitrogens is 1. The predicted molar refractivity (Wildman–Crippen MR) is 269 cm³/mol. The van der Waals surface area contributed by atoms with Gasteiger partial charge in [0.1, 0.15) is 31.4 Å². The number of aromatic nitrogens is 4. The fourth-order valence-corrected chi connectivity index (χ4v) is 11.5. The molecule has 1 aliphatic carbocycles. The summed E-state index contributed by atoms with van der Waals surface area (Å²) in [5, 5.41) is 19.8. The number of fused-ring (bicyclic) bond motifs is 5. The number of nitrogen functional groups attached to an aromatic ring is 1. The quantitative estimate of drug-likeness (QED) is 0.0511. The number of amides is 2. The molecule has 3 aliphatic heterocycles. The summed E-state index contributed by atoms with van der Waals surface area (Å²) in [6, 6.07) is 19.4. The van der Waals surface area contributed by atoms with Gasteiger partial charge in [-0.2, -0.15) is 4.98 Å². The number of aliphatic hydroxyl groups excluding tert-OH is 1. The number of nitrogens with zero attached hydrogens (tertiary/aromatic N) is 6. The van der Waals surface area contributed by atoms with E-state index in [9.17, 15) is 28.9 Å². The first kappa shape index (κ1) is 50.0. The monoisotopic (exact) mass is 992 g/mol. The number of nitrogens with one attached hydrogen (secondary N) is 3. The molecule has 378 valence electrons. The molecule has 2 amide bonds. The van der Waals surface area contributed by atoms with Gasteiger partial charge in [0, 0.05) is 81.9 Å². The van der Waals surface area contributed by atoms with Gasteiger partial charge >= 0.3 is 0 Å². The van der Waals surface area contributed by atoms with Crippen molar-refractivity contribution in [2.24, 2.45) is 0 Å². The van der Waals surface area contributed by atoms with E-state index in [1.165, 1.54) is 31.8 Å². The highest BCUT2D eigenvalue weighted by molar-refractivity contribution is 7.45. The van der Waals surface area contributed by atoms with Crippen molar-refractivity contribution < 1.29 is 37.9 Å². The van der Waals surface area contributed by atoms with Gasteiger partial charge in [-0.05, 0) is 89.9 Å². The highest BCUT2D eigenvalue weighted by atomic mass is 31.2. The summed E-state index contributed by atoms with van der Waals surface area (Å²) in [5.41, 5.74) is 13.7. The van der Waals surface area contributed by atoms with Crippen LogP contribution in [0.5, 0.6) is 0 Å². The Bertz CT molecular complexity index is 3120. The van der Waals surface area contributed by atoms with Crippen LogP contribution >= 0.6 is 7.82 Å². The fourth-order valence-electron chi connectivity index (χ4n) is 10.6. The third-order valence-electron chi connectivity index (χ3n) is 14.4. The molecule has 0 radical (unpaired) electrons. The first-order valence-corrected chi connectivity index (χ1v) is 26.2. The molecule has 0 bridgehead atoms. The minimum absolute atomic E-state index is 0.0401. The molecule has 3 aromatic carbocycles. The molecule has 0 saturated carbocycles. The van der Waals surface area contributed by atoms with Gasteiger partial charge in [-0.3, -0.25) is 28.5 Å². The summed E-state index contributed by atoms with van der Waals surface area (Å²) >= 11 is 0. The van der Waals surface area contributed by atoms with E-state index in [2.05, 4.69) is 106 Å². The second-order valence-corrected chi connectivity index (χ2v) is 21.1.